The highest BCUT2D eigenvalue weighted by molar-refractivity contribution is 14.1. The van der Waals surface area contributed by atoms with Gasteiger partial charge in [0.05, 0.1) is 23.2 Å². The van der Waals surface area contributed by atoms with Crippen molar-refractivity contribution in [1.82, 2.24) is 5.32 Å². The normalized spacial score (nSPS) is 23.7. The summed E-state index contributed by atoms with van der Waals surface area (Å²) in [5.41, 5.74) is 3.64. The summed E-state index contributed by atoms with van der Waals surface area (Å²) in [4.78, 5) is 48.2. The zero-order valence-electron chi connectivity index (χ0n) is 15.3. The van der Waals surface area contributed by atoms with E-state index in [1.54, 1.807) is 45.2 Å². The topological polar surface area (TPSA) is 176 Å². The molecular weight excluding hydrogens is 764 g/mol. The van der Waals surface area contributed by atoms with E-state index in [0.29, 0.717) is 3.58 Å². The predicted molar refractivity (Wildman–Crippen MR) is 131 cm³/mol. The summed E-state index contributed by atoms with van der Waals surface area (Å²) in [6, 6.07) is 0. The molecule has 1 aliphatic rings. The smallest absolute Gasteiger partial charge is 0.303 e. The first kappa shape index (κ1) is 28.0. The van der Waals surface area contributed by atoms with Gasteiger partial charge in [-0.2, -0.15) is 0 Å². The van der Waals surface area contributed by atoms with Crippen molar-refractivity contribution in [3.63, 3.8) is 0 Å². The maximum atomic E-state index is 12.5. The number of hydrogen-bond acceptors (Lipinski definition) is 8. The van der Waals surface area contributed by atoms with Gasteiger partial charge < -0.3 is 31.1 Å². The molecule has 1 rings (SSSR count). The zero-order valence-corrected chi connectivity index (χ0v) is 22.6. The van der Waals surface area contributed by atoms with E-state index < -0.39 is 64.2 Å². The molecule has 0 saturated carbocycles. The number of carbonyl (C=O) groups excluding carboxylic acids is 4. The molecule has 10 nitrogen and oxygen atoms in total. The van der Waals surface area contributed by atoms with Crippen LogP contribution in [0.3, 0.4) is 0 Å². The lowest BCUT2D eigenvalue weighted by Gasteiger charge is -2.41. The fourth-order valence-electron chi connectivity index (χ4n) is 2.74. The Kier molecular flexibility index (Phi) is 10.9. The van der Waals surface area contributed by atoms with Crippen molar-refractivity contribution >= 4 is 102 Å². The zero-order chi connectivity index (χ0) is 23.4. The van der Waals surface area contributed by atoms with Crippen LogP contribution in [-0.2, 0) is 23.9 Å². The summed E-state index contributed by atoms with van der Waals surface area (Å²) < 4.78 is 3.94. The average Bonchev–Trinajstić information content (AvgIpc) is 2.66. The quantitative estimate of drug-likeness (QED) is 0.0716. The molecule has 0 aromatic rings. The molecule has 6 N–H and O–H groups in total. The summed E-state index contributed by atoms with van der Waals surface area (Å²) in [5, 5.41) is 30.7. The van der Waals surface area contributed by atoms with Crippen molar-refractivity contribution < 1.29 is 39.2 Å². The molecular formula is C16H18ClI3N2O8. The minimum absolute atomic E-state index is 0.0557. The fourth-order valence-corrected chi connectivity index (χ4v) is 9.06. The number of nitrogens with two attached hydrogens (primary N) is 1. The van der Waals surface area contributed by atoms with E-state index in [1.807, 2.05) is 22.6 Å². The minimum atomic E-state index is -2.11. The third kappa shape index (κ3) is 5.45. The van der Waals surface area contributed by atoms with Crippen LogP contribution >= 0.6 is 79.4 Å². The monoisotopic (exact) mass is 782 g/mol. The molecule has 4 unspecified atom stereocenters. The molecule has 0 radical (unpaired) electrons. The second-order valence-electron chi connectivity index (χ2n) is 6.13. The van der Waals surface area contributed by atoms with Crippen molar-refractivity contribution in [3.8, 4) is 0 Å². The number of allylic oxidation sites excluding steroid dienone is 2. The number of hydrogen-bond donors (Lipinski definition) is 5. The van der Waals surface area contributed by atoms with Gasteiger partial charge in [0.2, 0.25) is 11.1 Å². The molecule has 0 aromatic heterocycles. The highest BCUT2D eigenvalue weighted by atomic mass is 127. The Balaban J connectivity index is 3.74. The number of halogens is 4. The molecule has 0 bridgehead atoms. The van der Waals surface area contributed by atoms with Gasteiger partial charge in [-0.05, 0) is 62.4 Å². The van der Waals surface area contributed by atoms with E-state index in [9.17, 15) is 34.5 Å². The van der Waals surface area contributed by atoms with Crippen LogP contribution in [0.5, 0.6) is 0 Å². The Morgan fingerprint density at radius 1 is 1.27 bits per heavy atom. The molecule has 0 saturated heterocycles. The van der Waals surface area contributed by atoms with Crippen LogP contribution in [0.1, 0.15) is 6.92 Å². The van der Waals surface area contributed by atoms with Crippen LogP contribution in [0.25, 0.3) is 0 Å². The van der Waals surface area contributed by atoms with Crippen molar-refractivity contribution in [1.29, 1.82) is 0 Å². The number of primary amides is 1. The maximum Gasteiger partial charge on any atom is 0.303 e. The van der Waals surface area contributed by atoms with Gasteiger partial charge >= 0.3 is 5.97 Å². The number of amides is 2. The van der Waals surface area contributed by atoms with Crippen molar-refractivity contribution in [2.45, 2.75) is 17.0 Å². The highest BCUT2D eigenvalue weighted by Crippen LogP contribution is 2.54. The van der Waals surface area contributed by atoms with Gasteiger partial charge in [0.15, 0.2) is 12.0 Å². The van der Waals surface area contributed by atoms with E-state index in [-0.39, 0.29) is 14.8 Å². The van der Waals surface area contributed by atoms with Gasteiger partial charge in [-0.15, -0.1) is 0 Å². The first-order valence-corrected chi connectivity index (χ1v) is 11.9. The summed E-state index contributed by atoms with van der Waals surface area (Å²) in [6.07, 6.45) is -1.45. The number of ether oxygens (including phenoxy) is 1. The molecule has 0 fully saturated rings. The van der Waals surface area contributed by atoms with Gasteiger partial charge in [-0.1, -0.05) is 22.6 Å². The third-order valence-electron chi connectivity index (χ3n) is 4.29. The Labute approximate surface area is 217 Å². The Morgan fingerprint density at radius 2 is 1.83 bits per heavy atom. The number of nitrogens with one attached hydrogen (secondary N) is 1. The molecule has 168 valence electrons. The summed E-state index contributed by atoms with van der Waals surface area (Å²) in [7, 11) is 0. The van der Waals surface area contributed by atoms with E-state index in [0.717, 1.165) is 6.92 Å². The molecule has 2 amide bonds. The lowest BCUT2D eigenvalue weighted by molar-refractivity contribution is -0.146. The number of alkyl halides is 1. The molecule has 0 spiro atoms. The lowest BCUT2D eigenvalue weighted by atomic mass is 9.75. The Bertz CT molecular complexity index is 802. The van der Waals surface area contributed by atoms with E-state index in [4.69, 9.17) is 17.3 Å². The lowest BCUT2D eigenvalue weighted by Crippen LogP contribution is -2.54. The second-order valence-corrected chi connectivity index (χ2v) is 9.88. The molecule has 4 atom stereocenters. The highest BCUT2D eigenvalue weighted by Gasteiger charge is 2.58. The van der Waals surface area contributed by atoms with E-state index >= 15 is 0 Å². The van der Waals surface area contributed by atoms with Crippen molar-refractivity contribution in [2.75, 3.05) is 19.8 Å². The largest absolute Gasteiger partial charge is 0.456 e. The van der Waals surface area contributed by atoms with Gasteiger partial charge in [0.25, 0.3) is 5.91 Å². The van der Waals surface area contributed by atoms with Crippen LogP contribution < -0.4 is 11.1 Å². The van der Waals surface area contributed by atoms with Crippen LogP contribution in [-0.4, -0.2) is 68.2 Å². The molecule has 14 heteroatoms. The first-order chi connectivity index (χ1) is 13.9. The average molecular weight is 782 g/mol. The summed E-state index contributed by atoms with van der Waals surface area (Å²) in [6.45, 7) is -0.873. The molecule has 0 heterocycles. The van der Waals surface area contributed by atoms with Crippen molar-refractivity contribution in [3.05, 3.63) is 18.4 Å². The SMILES string of the molecule is CC(=O)OCC(=O)NC1=C(I)C(C(CO)C(O)CO)=C(I)C(C(N)=O)(C(=O)Cl)C1I. The van der Waals surface area contributed by atoms with E-state index in [1.165, 1.54) is 0 Å². The van der Waals surface area contributed by atoms with Gasteiger partial charge in [-0.25, -0.2) is 0 Å². The van der Waals surface area contributed by atoms with Gasteiger partial charge in [-0.3, -0.25) is 19.2 Å². The first-order valence-electron chi connectivity index (χ1n) is 8.14. The molecule has 30 heavy (non-hydrogen) atoms. The third-order valence-corrected chi connectivity index (χ3v) is 8.74. The number of rotatable bonds is 9. The molecule has 0 aliphatic heterocycles. The number of carbonyl (C=O) groups is 4. The summed E-state index contributed by atoms with van der Waals surface area (Å²) in [5.74, 6) is -3.66. The van der Waals surface area contributed by atoms with Crippen LogP contribution in [0.15, 0.2) is 18.4 Å². The maximum absolute atomic E-state index is 12.5. The summed E-state index contributed by atoms with van der Waals surface area (Å²) >= 11 is 11.1. The van der Waals surface area contributed by atoms with Crippen LogP contribution in [0.4, 0.5) is 0 Å². The molecule has 1 aliphatic carbocycles. The Hall–Kier alpha value is -0.0800. The van der Waals surface area contributed by atoms with E-state index in [2.05, 4.69) is 10.1 Å². The van der Waals surface area contributed by atoms with Crippen LogP contribution in [0.2, 0.25) is 0 Å². The number of aliphatic hydroxyl groups is 3. The number of esters is 1. The van der Waals surface area contributed by atoms with Gasteiger partial charge in [0.1, 0.15) is 0 Å². The standard InChI is InChI=1S/C16H18ClI3N2O8/c1-5(25)30-4-8(27)22-11-10(18)9(6(2-23)7(26)3-24)12(19)16(13(11)20,14(17)28)15(21)29/h6-7,13,23-24,26H,2-4H2,1H3,(H2,21,29)(H,22,27). The fraction of sp³-hybridized carbons (Fsp3) is 0.500. The molecule has 0 aromatic carbocycles. The number of aliphatic hydroxyl groups excluding tert-OH is 3. The van der Waals surface area contributed by atoms with Crippen LogP contribution in [0, 0.1) is 11.3 Å². The minimum Gasteiger partial charge on any atom is -0.456 e. The second kappa shape index (κ2) is 11.7. The predicted octanol–water partition coefficient (Wildman–Crippen LogP) is 0.0174. The Morgan fingerprint density at radius 3 is 2.23 bits per heavy atom. The van der Waals surface area contributed by atoms with Crippen molar-refractivity contribution in [2.24, 2.45) is 17.1 Å². The van der Waals surface area contributed by atoms with Gasteiger partial charge in [0, 0.05) is 25.7 Å².